The number of rotatable bonds is 9. The number of sulfonamides is 1. The van der Waals surface area contributed by atoms with Crippen LogP contribution in [0.3, 0.4) is 0 Å². The number of likely N-dealkylation sites (N-methyl/N-ethyl adjacent to an activating group) is 1. The summed E-state index contributed by atoms with van der Waals surface area (Å²) >= 11 is 0. The number of hydrogen-bond acceptors (Lipinski definition) is 4. The van der Waals surface area contributed by atoms with Gasteiger partial charge in [0.15, 0.2) is 0 Å². The van der Waals surface area contributed by atoms with Gasteiger partial charge in [0, 0.05) is 13.6 Å². The number of aryl methyl sites for hydroxylation is 1. The summed E-state index contributed by atoms with van der Waals surface area (Å²) < 4.78 is 39.0. The summed E-state index contributed by atoms with van der Waals surface area (Å²) in [5.74, 6) is -1.39. The number of carbonyl (C=O) groups excluding carboxylic acids is 2. The Bertz CT molecular complexity index is 1010. The Kier molecular flexibility index (Phi) is 8.15. The van der Waals surface area contributed by atoms with Crippen molar-refractivity contribution in [3.63, 3.8) is 0 Å². The van der Waals surface area contributed by atoms with Gasteiger partial charge in [0.2, 0.25) is 21.8 Å². The number of hydrogen-bond donors (Lipinski definition) is 1. The highest BCUT2D eigenvalue weighted by atomic mass is 32.2. The minimum Gasteiger partial charge on any atom is -0.357 e. The quantitative estimate of drug-likeness (QED) is 0.637. The van der Waals surface area contributed by atoms with Crippen molar-refractivity contribution in [2.45, 2.75) is 32.9 Å². The van der Waals surface area contributed by atoms with Gasteiger partial charge in [-0.1, -0.05) is 36.8 Å². The maximum absolute atomic E-state index is 13.3. The molecule has 9 heteroatoms. The Hall–Kier alpha value is -2.94. The van der Waals surface area contributed by atoms with Gasteiger partial charge >= 0.3 is 0 Å². The molecule has 31 heavy (non-hydrogen) atoms. The Balaban J connectivity index is 2.40. The van der Waals surface area contributed by atoms with Crippen molar-refractivity contribution in [1.82, 2.24) is 10.2 Å². The zero-order valence-electron chi connectivity index (χ0n) is 18.1. The van der Waals surface area contributed by atoms with E-state index in [1.165, 1.54) is 24.1 Å². The van der Waals surface area contributed by atoms with E-state index in [0.717, 1.165) is 33.8 Å². The minimum absolute atomic E-state index is 0.145. The van der Waals surface area contributed by atoms with Gasteiger partial charge in [0.05, 0.1) is 11.9 Å². The fourth-order valence-corrected chi connectivity index (χ4v) is 4.05. The lowest BCUT2D eigenvalue weighted by Gasteiger charge is -2.32. The maximum atomic E-state index is 13.3. The molecule has 0 aromatic heterocycles. The number of amides is 2. The van der Waals surface area contributed by atoms with E-state index in [0.29, 0.717) is 6.42 Å². The Morgan fingerprint density at radius 3 is 2.13 bits per heavy atom. The molecule has 168 valence electrons. The topological polar surface area (TPSA) is 86.8 Å². The van der Waals surface area contributed by atoms with E-state index in [2.05, 4.69) is 5.32 Å². The van der Waals surface area contributed by atoms with E-state index in [1.54, 1.807) is 6.92 Å². The smallest absolute Gasteiger partial charge is 0.244 e. The van der Waals surface area contributed by atoms with Crippen LogP contribution in [0.4, 0.5) is 10.1 Å². The van der Waals surface area contributed by atoms with Gasteiger partial charge < -0.3 is 10.2 Å². The molecule has 0 spiro atoms. The normalized spacial score (nSPS) is 12.2. The van der Waals surface area contributed by atoms with Crippen LogP contribution in [-0.4, -0.2) is 51.0 Å². The zero-order chi connectivity index (χ0) is 23.2. The van der Waals surface area contributed by atoms with Gasteiger partial charge in [-0.2, -0.15) is 0 Å². The van der Waals surface area contributed by atoms with Crippen LogP contribution in [0.25, 0.3) is 0 Å². The van der Waals surface area contributed by atoms with Crippen molar-refractivity contribution in [1.29, 1.82) is 0 Å². The van der Waals surface area contributed by atoms with E-state index in [4.69, 9.17) is 0 Å². The molecule has 0 aliphatic rings. The molecule has 0 heterocycles. The van der Waals surface area contributed by atoms with Crippen LogP contribution >= 0.6 is 0 Å². The fraction of sp³-hybridized carbons (Fsp3) is 0.364. The van der Waals surface area contributed by atoms with Crippen LogP contribution in [0, 0.1) is 12.7 Å². The molecule has 7 nitrogen and oxygen atoms in total. The predicted molar refractivity (Wildman–Crippen MR) is 118 cm³/mol. The number of nitrogens with one attached hydrogen (secondary N) is 1. The van der Waals surface area contributed by atoms with Crippen LogP contribution < -0.4 is 9.62 Å². The van der Waals surface area contributed by atoms with E-state index in [9.17, 15) is 22.4 Å². The van der Waals surface area contributed by atoms with Crippen LogP contribution in [0.2, 0.25) is 0 Å². The van der Waals surface area contributed by atoms with E-state index in [-0.39, 0.29) is 18.1 Å². The summed E-state index contributed by atoms with van der Waals surface area (Å²) in [5.41, 5.74) is 2.04. The largest absolute Gasteiger partial charge is 0.357 e. The Morgan fingerprint density at radius 1 is 1.06 bits per heavy atom. The second-order valence-corrected chi connectivity index (χ2v) is 9.20. The van der Waals surface area contributed by atoms with Gasteiger partial charge in [-0.15, -0.1) is 0 Å². The van der Waals surface area contributed by atoms with Crippen LogP contribution in [0.1, 0.15) is 24.5 Å². The summed E-state index contributed by atoms with van der Waals surface area (Å²) in [6.45, 7) is 3.36. The second kappa shape index (κ2) is 10.4. The number of nitrogens with zero attached hydrogens (tertiary/aromatic N) is 2. The van der Waals surface area contributed by atoms with Crippen molar-refractivity contribution in [3.05, 3.63) is 65.5 Å². The molecule has 1 unspecified atom stereocenters. The van der Waals surface area contributed by atoms with Gasteiger partial charge in [0.25, 0.3) is 0 Å². The second-order valence-electron chi connectivity index (χ2n) is 7.29. The van der Waals surface area contributed by atoms with Gasteiger partial charge in [-0.05, 0) is 43.2 Å². The monoisotopic (exact) mass is 449 g/mol. The van der Waals surface area contributed by atoms with Crippen molar-refractivity contribution < 1.29 is 22.4 Å². The summed E-state index contributed by atoms with van der Waals surface area (Å²) in [6.07, 6.45) is 1.33. The van der Waals surface area contributed by atoms with Crippen LogP contribution in [0.15, 0.2) is 48.5 Å². The molecule has 1 N–H and O–H groups in total. The van der Waals surface area contributed by atoms with E-state index < -0.39 is 34.3 Å². The molecule has 0 fully saturated rings. The highest BCUT2D eigenvalue weighted by Crippen LogP contribution is 2.20. The van der Waals surface area contributed by atoms with Gasteiger partial charge in [-0.25, -0.2) is 12.8 Å². The van der Waals surface area contributed by atoms with Crippen LogP contribution in [-0.2, 0) is 26.2 Å². The molecule has 0 aliphatic heterocycles. The molecule has 0 aliphatic carbocycles. The molecule has 1 atom stereocenters. The minimum atomic E-state index is -3.83. The fourth-order valence-electron chi connectivity index (χ4n) is 3.20. The first-order chi connectivity index (χ1) is 14.6. The lowest BCUT2D eigenvalue weighted by molar-refractivity contribution is -0.140. The van der Waals surface area contributed by atoms with Crippen molar-refractivity contribution >= 4 is 27.5 Å². The third-order valence-corrected chi connectivity index (χ3v) is 6.04. The molecule has 0 saturated heterocycles. The zero-order valence-corrected chi connectivity index (χ0v) is 18.9. The number of carbonyl (C=O) groups is 2. The highest BCUT2D eigenvalue weighted by molar-refractivity contribution is 7.92. The summed E-state index contributed by atoms with van der Waals surface area (Å²) in [7, 11) is -2.35. The van der Waals surface area contributed by atoms with Crippen LogP contribution in [0.5, 0.6) is 0 Å². The Morgan fingerprint density at radius 2 is 1.65 bits per heavy atom. The standard InChI is InChI=1S/C22H28FN3O4S/c1-5-20(22(28)24-3)25(14-17-8-6-16(2)7-9-17)21(27)15-26(31(4,29)30)19-12-10-18(23)11-13-19/h6-13,20H,5,14-15H2,1-4H3,(H,24,28). The van der Waals surface area contributed by atoms with Gasteiger partial charge in [-0.3, -0.25) is 13.9 Å². The molecule has 0 bridgehead atoms. The molecule has 0 saturated carbocycles. The molecule has 2 rings (SSSR count). The van der Waals surface area contributed by atoms with Crippen molar-refractivity contribution in [2.75, 3.05) is 24.2 Å². The first-order valence-electron chi connectivity index (χ1n) is 9.86. The van der Waals surface area contributed by atoms with E-state index in [1.807, 2.05) is 31.2 Å². The third-order valence-electron chi connectivity index (χ3n) is 4.90. The maximum Gasteiger partial charge on any atom is 0.244 e. The predicted octanol–water partition coefficient (Wildman–Crippen LogP) is 2.45. The molecular weight excluding hydrogens is 421 g/mol. The molecular formula is C22H28FN3O4S. The first kappa shape index (κ1) is 24.3. The highest BCUT2D eigenvalue weighted by Gasteiger charge is 2.31. The summed E-state index contributed by atoms with van der Waals surface area (Å²) in [5, 5.41) is 2.56. The molecule has 2 amide bonds. The van der Waals surface area contributed by atoms with Crippen molar-refractivity contribution in [3.8, 4) is 0 Å². The SMILES string of the molecule is CCC(C(=O)NC)N(Cc1ccc(C)cc1)C(=O)CN(c1ccc(F)cc1)S(C)(=O)=O. The third kappa shape index (κ3) is 6.52. The average Bonchev–Trinajstić information content (AvgIpc) is 2.72. The average molecular weight is 450 g/mol. The summed E-state index contributed by atoms with van der Waals surface area (Å²) in [4.78, 5) is 27.1. The molecule has 2 aromatic rings. The lowest BCUT2D eigenvalue weighted by atomic mass is 10.1. The van der Waals surface area contributed by atoms with Gasteiger partial charge in [0.1, 0.15) is 18.4 Å². The first-order valence-corrected chi connectivity index (χ1v) is 11.7. The molecule has 0 radical (unpaired) electrons. The lowest BCUT2D eigenvalue weighted by Crippen LogP contribution is -2.51. The summed E-state index contributed by atoms with van der Waals surface area (Å²) in [6, 6.07) is 11.6. The Labute approximate surface area is 182 Å². The number of benzene rings is 2. The van der Waals surface area contributed by atoms with Crippen molar-refractivity contribution in [2.24, 2.45) is 0 Å². The number of halogens is 1. The number of anilines is 1. The molecule has 2 aromatic carbocycles. The van der Waals surface area contributed by atoms with E-state index >= 15 is 0 Å².